The van der Waals surface area contributed by atoms with Crippen molar-refractivity contribution in [3.8, 4) is 0 Å². The van der Waals surface area contributed by atoms with Gasteiger partial charge in [0.2, 0.25) is 10.0 Å². The van der Waals surface area contributed by atoms with E-state index in [-0.39, 0.29) is 15.9 Å². The summed E-state index contributed by atoms with van der Waals surface area (Å²) >= 11 is 5.17. The molecule has 1 heterocycles. The van der Waals surface area contributed by atoms with Crippen LogP contribution in [0.1, 0.15) is 36.0 Å². The zero-order chi connectivity index (χ0) is 20.0. The molecule has 1 saturated heterocycles. The van der Waals surface area contributed by atoms with Gasteiger partial charge in [0.15, 0.2) is 5.11 Å². The Labute approximate surface area is 171 Å². The molecule has 6 nitrogen and oxygen atoms in total. The third-order valence-corrected chi connectivity index (χ3v) is 6.70. The number of thiocarbonyl (C=S) groups is 1. The van der Waals surface area contributed by atoms with E-state index in [1.165, 1.54) is 0 Å². The number of carbonyl (C=O) groups is 1. The van der Waals surface area contributed by atoms with E-state index in [0.29, 0.717) is 24.3 Å². The maximum absolute atomic E-state index is 12.8. The van der Waals surface area contributed by atoms with Crippen molar-refractivity contribution in [3.63, 3.8) is 0 Å². The fourth-order valence-corrected chi connectivity index (χ4v) is 4.80. The molecule has 2 aromatic carbocycles. The van der Waals surface area contributed by atoms with E-state index in [1.54, 1.807) is 52.8 Å². The van der Waals surface area contributed by atoms with Gasteiger partial charge in [0.25, 0.3) is 5.91 Å². The molecule has 0 aromatic heterocycles. The summed E-state index contributed by atoms with van der Waals surface area (Å²) in [5.74, 6) is -0.307. The molecule has 28 heavy (non-hydrogen) atoms. The van der Waals surface area contributed by atoms with Crippen LogP contribution in [0.4, 0.5) is 5.69 Å². The molecular formula is C20H23N3O3S2. The highest BCUT2D eigenvalue weighted by molar-refractivity contribution is 7.89. The Kier molecular flexibility index (Phi) is 6.77. The highest BCUT2D eigenvalue weighted by atomic mass is 32.2. The van der Waals surface area contributed by atoms with Gasteiger partial charge in [-0.1, -0.05) is 31.0 Å². The van der Waals surface area contributed by atoms with Crippen LogP contribution in [0.5, 0.6) is 0 Å². The molecule has 0 radical (unpaired) electrons. The molecule has 0 atom stereocenters. The third kappa shape index (κ3) is 5.15. The molecule has 0 bridgehead atoms. The van der Waals surface area contributed by atoms with Crippen LogP contribution in [0.3, 0.4) is 0 Å². The van der Waals surface area contributed by atoms with Gasteiger partial charge in [0.1, 0.15) is 0 Å². The summed E-state index contributed by atoms with van der Waals surface area (Å²) in [6.45, 7) is 1.13. The number of nitrogens with zero attached hydrogens (tertiary/aromatic N) is 1. The molecule has 2 aromatic rings. The number of amides is 1. The number of sulfonamides is 1. The fourth-order valence-electron chi connectivity index (χ4n) is 3.07. The highest BCUT2D eigenvalue weighted by Gasteiger charge is 2.24. The van der Waals surface area contributed by atoms with Crippen molar-refractivity contribution in [2.75, 3.05) is 18.4 Å². The normalized spacial score (nSPS) is 15.4. The summed E-state index contributed by atoms with van der Waals surface area (Å²) in [4.78, 5) is 12.4. The van der Waals surface area contributed by atoms with E-state index in [0.717, 1.165) is 25.7 Å². The van der Waals surface area contributed by atoms with Gasteiger partial charge in [-0.25, -0.2) is 8.42 Å². The van der Waals surface area contributed by atoms with E-state index in [1.807, 2.05) is 6.07 Å². The van der Waals surface area contributed by atoms with Crippen molar-refractivity contribution in [2.24, 2.45) is 0 Å². The van der Waals surface area contributed by atoms with Crippen LogP contribution in [-0.2, 0) is 10.0 Å². The van der Waals surface area contributed by atoms with E-state index in [2.05, 4.69) is 10.6 Å². The fraction of sp³-hybridized carbons (Fsp3) is 0.300. The first-order chi connectivity index (χ1) is 13.5. The maximum atomic E-state index is 12.8. The van der Waals surface area contributed by atoms with Crippen LogP contribution in [0.25, 0.3) is 0 Å². The van der Waals surface area contributed by atoms with E-state index < -0.39 is 10.0 Å². The van der Waals surface area contributed by atoms with E-state index in [9.17, 15) is 13.2 Å². The van der Waals surface area contributed by atoms with Crippen LogP contribution in [0.15, 0.2) is 59.5 Å². The van der Waals surface area contributed by atoms with E-state index >= 15 is 0 Å². The van der Waals surface area contributed by atoms with Gasteiger partial charge in [0, 0.05) is 24.3 Å². The van der Waals surface area contributed by atoms with Gasteiger partial charge in [-0.3, -0.25) is 10.1 Å². The lowest BCUT2D eigenvalue weighted by Gasteiger charge is -2.20. The maximum Gasteiger partial charge on any atom is 0.257 e. The largest absolute Gasteiger partial charge is 0.332 e. The second-order valence-corrected chi connectivity index (χ2v) is 8.96. The molecule has 2 N–H and O–H groups in total. The average molecular weight is 418 g/mol. The molecule has 0 unspecified atom stereocenters. The van der Waals surface area contributed by atoms with Crippen LogP contribution in [-0.4, -0.2) is 36.8 Å². The number of hydrogen-bond acceptors (Lipinski definition) is 4. The van der Waals surface area contributed by atoms with Crippen molar-refractivity contribution >= 4 is 38.9 Å². The Morgan fingerprint density at radius 1 is 0.893 bits per heavy atom. The Balaban J connectivity index is 1.62. The summed E-state index contributed by atoms with van der Waals surface area (Å²) < 4.78 is 27.2. The molecule has 8 heteroatoms. The van der Waals surface area contributed by atoms with Crippen LogP contribution in [0.2, 0.25) is 0 Å². The van der Waals surface area contributed by atoms with Crippen molar-refractivity contribution in [3.05, 3.63) is 60.2 Å². The van der Waals surface area contributed by atoms with Crippen molar-refractivity contribution in [1.29, 1.82) is 0 Å². The average Bonchev–Trinajstić information content (AvgIpc) is 2.99. The summed E-state index contributed by atoms with van der Waals surface area (Å²) in [7, 11) is -3.48. The van der Waals surface area contributed by atoms with Crippen molar-refractivity contribution in [2.45, 2.75) is 30.6 Å². The number of rotatable bonds is 4. The molecule has 1 fully saturated rings. The van der Waals surface area contributed by atoms with E-state index in [4.69, 9.17) is 12.2 Å². The first kappa shape index (κ1) is 20.4. The Morgan fingerprint density at radius 3 is 2.11 bits per heavy atom. The minimum absolute atomic E-state index is 0.150. The first-order valence-electron chi connectivity index (χ1n) is 9.24. The van der Waals surface area contributed by atoms with Crippen LogP contribution in [0, 0.1) is 0 Å². The van der Waals surface area contributed by atoms with Gasteiger partial charge >= 0.3 is 0 Å². The number of hydrogen-bond donors (Lipinski definition) is 2. The van der Waals surface area contributed by atoms with Crippen LogP contribution < -0.4 is 10.6 Å². The molecule has 0 spiro atoms. The monoisotopic (exact) mass is 417 g/mol. The van der Waals surface area contributed by atoms with Gasteiger partial charge in [-0.15, -0.1) is 0 Å². The third-order valence-electron chi connectivity index (χ3n) is 4.58. The molecule has 1 amide bonds. The molecule has 1 aliphatic heterocycles. The molecule has 0 aliphatic carbocycles. The minimum Gasteiger partial charge on any atom is -0.332 e. The summed E-state index contributed by atoms with van der Waals surface area (Å²) in [6.07, 6.45) is 3.94. The predicted molar refractivity (Wildman–Crippen MR) is 114 cm³/mol. The van der Waals surface area contributed by atoms with Gasteiger partial charge in [0.05, 0.1) is 4.90 Å². The summed E-state index contributed by atoms with van der Waals surface area (Å²) in [6, 6.07) is 15.2. The SMILES string of the molecule is O=C(NC(=S)Nc1ccc(S(=O)(=O)N2CCCCCC2)cc1)c1ccccc1. The smallest absolute Gasteiger partial charge is 0.257 e. The van der Waals surface area contributed by atoms with Gasteiger partial charge < -0.3 is 5.32 Å². The molecule has 1 aliphatic rings. The van der Waals surface area contributed by atoms with Crippen molar-refractivity contribution in [1.82, 2.24) is 9.62 Å². The summed E-state index contributed by atoms with van der Waals surface area (Å²) in [5.41, 5.74) is 1.11. The number of benzene rings is 2. The Bertz CT molecular complexity index is 921. The molecule has 0 saturated carbocycles. The predicted octanol–water partition coefficient (Wildman–Crippen LogP) is 3.38. The lowest BCUT2D eigenvalue weighted by atomic mass is 10.2. The van der Waals surface area contributed by atoms with Gasteiger partial charge in [-0.2, -0.15) is 4.31 Å². The zero-order valence-corrected chi connectivity index (χ0v) is 17.1. The number of anilines is 1. The Morgan fingerprint density at radius 2 is 1.50 bits per heavy atom. The number of carbonyl (C=O) groups excluding carboxylic acids is 1. The van der Waals surface area contributed by atoms with Crippen LogP contribution >= 0.6 is 12.2 Å². The lowest BCUT2D eigenvalue weighted by molar-refractivity contribution is 0.0977. The first-order valence-corrected chi connectivity index (χ1v) is 11.1. The highest BCUT2D eigenvalue weighted by Crippen LogP contribution is 2.21. The topological polar surface area (TPSA) is 78.5 Å². The standard InChI is InChI=1S/C20H23N3O3S2/c24-19(16-8-4-3-5-9-16)22-20(27)21-17-10-12-18(13-11-17)28(25,26)23-14-6-1-2-7-15-23/h3-5,8-13H,1-2,6-7,14-15H2,(H2,21,22,24,27). The summed E-state index contributed by atoms with van der Waals surface area (Å²) in [5, 5.41) is 5.65. The second kappa shape index (κ2) is 9.27. The van der Waals surface area contributed by atoms with Gasteiger partial charge in [-0.05, 0) is 61.5 Å². The second-order valence-electron chi connectivity index (χ2n) is 6.62. The quantitative estimate of drug-likeness (QED) is 0.746. The molecule has 3 rings (SSSR count). The lowest BCUT2D eigenvalue weighted by Crippen LogP contribution is -2.34. The Hall–Kier alpha value is -2.29. The zero-order valence-electron chi connectivity index (χ0n) is 15.4. The number of nitrogens with one attached hydrogen (secondary N) is 2. The minimum atomic E-state index is -3.48. The molecular weight excluding hydrogens is 394 g/mol. The van der Waals surface area contributed by atoms with Crippen molar-refractivity contribution < 1.29 is 13.2 Å². The molecule has 148 valence electrons.